The number of nitrogens with two attached hydrogens (primary N) is 1. The highest BCUT2D eigenvalue weighted by atomic mass is 16.6. The Morgan fingerprint density at radius 2 is 1.25 bits per heavy atom. The van der Waals surface area contributed by atoms with Crippen LogP contribution in [0.1, 0.15) is 44.9 Å². The summed E-state index contributed by atoms with van der Waals surface area (Å²) < 4.78 is 4.50. The Morgan fingerprint density at radius 1 is 0.833 bits per heavy atom. The number of ether oxygens (including phenoxy) is 1. The lowest BCUT2D eigenvalue weighted by Crippen LogP contribution is -2.20. The van der Waals surface area contributed by atoms with Crippen LogP contribution in [0.2, 0.25) is 0 Å². The van der Waals surface area contributed by atoms with Gasteiger partial charge in [-0.05, 0) is 12.8 Å². The van der Waals surface area contributed by atoms with Gasteiger partial charge >= 0.3 is 0 Å². The molecule has 0 atom stereocenters. The summed E-state index contributed by atoms with van der Waals surface area (Å²) in [6.45, 7) is 2.00. The second kappa shape index (κ2) is 6.44. The summed E-state index contributed by atoms with van der Waals surface area (Å²) in [5.74, 6) is 0. The maximum atomic E-state index is 5.80. The first kappa shape index (κ1) is 10.0. The summed E-state index contributed by atoms with van der Waals surface area (Å²) in [6, 6.07) is 0.519. The van der Waals surface area contributed by atoms with Gasteiger partial charge in [-0.3, -0.25) is 0 Å². The maximum Gasteiger partial charge on any atom is 0.0701 e. The molecule has 1 saturated carbocycles. The highest BCUT2D eigenvalue weighted by Crippen LogP contribution is 2.15. The molecule has 72 valence electrons. The topological polar surface area (TPSA) is 38.5 Å². The first-order valence-corrected chi connectivity index (χ1v) is 5.23. The molecular weight excluding hydrogens is 150 g/mol. The van der Waals surface area contributed by atoms with E-state index in [4.69, 9.17) is 5.73 Å². The number of hydrogen-bond acceptors (Lipinski definition) is 2. The van der Waals surface area contributed by atoms with Crippen molar-refractivity contribution in [3.8, 4) is 0 Å². The van der Waals surface area contributed by atoms with E-state index in [1.165, 1.54) is 44.9 Å². The Kier molecular flexibility index (Phi) is 5.37. The molecule has 2 fully saturated rings. The molecule has 1 saturated heterocycles. The Morgan fingerprint density at radius 3 is 1.67 bits per heavy atom. The molecule has 2 rings (SSSR count). The van der Waals surface area contributed by atoms with Gasteiger partial charge in [-0.1, -0.05) is 32.1 Å². The molecule has 2 N–H and O–H groups in total. The molecule has 0 radical (unpaired) electrons. The van der Waals surface area contributed by atoms with Gasteiger partial charge in [0.2, 0.25) is 0 Å². The average Bonchev–Trinajstić information content (AvgIpc) is 2.82. The predicted octanol–water partition coefficient (Wildman–Crippen LogP) is 2.07. The average molecular weight is 171 g/mol. The molecule has 0 aromatic heterocycles. The number of rotatable bonds is 0. The van der Waals surface area contributed by atoms with Gasteiger partial charge in [0.25, 0.3) is 0 Å². The smallest absolute Gasteiger partial charge is 0.0701 e. The molecule has 12 heavy (non-hydrogen) atoms. The highest BCUT2D eigenvalue weighted by molar-refractivity contribution is 4.64. The molecular formula is C10H21NO. The normalized spacial score (nSPS) is 24.8. The number of epoxide rings is 1. The van der Waals surface area contributed by atoms with E-state index in [0.29, 0.717) is 6.04 Å². The summed E-state index contributed by atoms with van der Waals surface area (Å²) in [4.78, 5) is 0. The summed E-state index contributed by atoms with van der Waals surface area (Å²) >= 11 is 0. The minimum Gasteiger partial charge on any atom is -0.377 e. The van der Waals surface area contributed by atoms with Crippen molar-refractivity contribution in [1.29, 1.82) is 0 Å². The zero-order chi connectivity index (χ0) is 8.65. The molecule has 0 aromatic rings. The Labute approximate surface area is 75.5 Å². The quantitative estimate of drug-likeness (QED) is 0.567. The van der Waals surface area contributed by atoms with Crippen LogP contribution in [0.5, 0.6) is 0 Å². The lowest BCUT2D eigenvalue weighted by Gasteiger charge is -2.13. The van der Waals surface area contributed by atoms with Gasteiger partial charge < -0.3 is 10.5 Å². The molecule has 1 aliphatic heterocycles. The van der Waals surface area contributed by atoms with Crippen molar-refractivity contribution < 1.29 is 4.74 Å². The minimum atomic E-state index is 0.519. The Bertz CT molecular complexity index is 93.3. The van der Waals surface area contributed by atoms with Crippen LogP contribution in [-0.2, 0) is 4.74 Å². The maximum absolute atomic E-state index is 5.80. The van der Waals surface area contributed by atoms with Crippen LogP contribution in [-0.4, -0.2) is 19.3 Å². The van der Waals surface area contributed by atoms with Crippen LogP contribution in [0.25, 0.3) is 0 Å². The summed E-state index contributed by atoms with van der Waals surface area (Å²) in [7, 11) is 0. The molecule has 0 spiro atoms. The molecule has 1 heterocycles. The molecule has 1 aliphatic carbocycles. The van der Waals surface area contributed by atoms with Gasteiger partial charge in [-0.15, -0.1) is 0 Å². The van der Waals surface area contributed by atoms with E-state index in [1.807, 2.05) is 0 Å². The fourth-order valence-electron chi connectivity index (χ4n) is 1.49. The van der Waals surface area contributed by atoms with E-state index in [0.717, 1.165) is 13.2 Å². The third-order valence-electron chi connectivity index (χ3n) is 2.35. The van der Waals surface area contributed by atoms with E-state index in [1.54, 1.807) is 0 Å². The van der Waals surface area contributed by atoms with Crippen molar-refractivity contribution in [1.82, 2.24) is 0 Å². The highest BCUT2D eigenvalue weighted by Gasteiger charge is 2.04. The standard InChI is InChI=1S/C8H17N.C2H4O/c9-8-6-4-2-1-3-5-7-8;1-2-3-1/h8H,1-7,9H2;1-2H2. The first-order chi connectivity index (χ1) is 5.89. The van der Waals surface area contributed by atoms with Crippen molar-refractivity contribution >= 4 is 0 Å². The lowest BCUT2D eigenvalue weighted by atomic mass is 9.98. The van der Waals surface area contributed by atoms with Crippen LogP contribution in [0.3, 0.4) is 0 Å². The van der Waals surface area contributed by atoms with Crippen molar-refractivity contribution in [3.05, 3.63) is 0 Å². The zero-order valence-electron chi connectivity index (χ0n) is 7.93. The van der Waals surface area contributed by atoms with E-state index in [-0.39, 0.29) is 0 Å². The van der Waals surface area contributed by atoms with E-state index < -0.39 is 0 Å². The second-order valence-electron chi connectivity index (χ2n) is 3.72. The lowest BCUT2D eigenvalue weighted by molar-refractivity contribution is 0.453. The van der Waals surface area contributed by atoms with Crippen molar-refractivity contribution in [2.45, 2.75) is 51.0 Å². The van der Waals surface area contributed by atoms with Crippen LogP contribution in [0, 0.1) is 0 Å². The van der Waals surface area contributed by atoms with Crippen LogP contribution < -0.4 is 5.73 Å². The van der Waals surface area contributed by atoms with Crippen molar-refractivity contribution in [3.63, 3.8) is 0 Å². The fraction of sp³-hybridized carbons (Fsp3) is 1.00. The van der Waals surface area contributed by atoms with Crippen LogP contribution in [0.15, 0.2) is 0 Å². The van der Waals surface area contributed by atoms with E-state index in [9.17, 15) is 0 Å². The molecule has 0 aromatic carbocycles. The molecule has 0 amide bonds. The van der Waals surface area contributed by atoms with Gasteiger partial charge in [-0.2, -0.15) is 0 Å². The molecule has 2 heteroatoms. The van der Waals surface area contributed by atoms with Gasteiger partial charge in [0.1, 0.15) is 0 Å². The molecule has 0 bridgehead atoms. The molecule has 0 unspecified atom stereocenters. The molecule has 2 aliphatic rings. The monoisotopic (exact) mass is 171 g/mol. The largest absolute Gasteiger partial charge is 0.377 e. The second-order valence-corrected chi connectivity index (χ2v) is 3.72. The third kappa shape index (κ3) is 6.62. The zero-order valence-corrected chi connectivity index (χ0v) is 7.93. The van der Waals surface area contributed by atoms with E-state index in [2.05, 4.69) is 4.74 Å². The van der Waals surface area contributed by atoms with Gasteiger partial charge in [0, 0.05) is 6.04 Å². The van der Waals surface area contributed by atoms with Gasteiger partial charge in [0.05, 0.1) is 13.2 Å². The Balaban J connectivity index is 0.000000200. The molecule has 2 nitrogen and oxygen atoms in total. The minimum absolute atomic E-state index is 0.519. The van der Waals surface area contributed by atoms with Crippen molar-refractivity contribution in [2.24, 2.45) is 5.73 Å². The van der Waals surface area contributed by atoms with E-state index >= 15 is 0 Å². The van der Waals surface area contributed by atoms with Gasteiger partial charge in [-0.25, -0.2) is 0 Å². The summed E-state index contributed by atoms with van der Waals surface area (Å²) in [5.41, 5.74) is 5.80. The summed E-state index contributed by atoms with van der Waals surface area (Å²) in [5, 5.41) is 0. The van der Waals surface area contributed by atoms with Crippen LogP contribution in [0.4, 0.5) is 0 Å². The third-order valence-corrected chi connectivity index (χ3v) is 2.35. The van der Waals surface area contributed by atoms with Crippen molar-refractivity contribution in [2.75, 3.05) is 13.2 Å². The van der Waals surface area contributed by atoms with Crippen LogP contribution >= 0.6 is 0 Å². The van der Waals surface area contributed by atoms with Gasteiger partial charge in [0.15, 0.2) is 0 Å². The fourth-order valence-corrected chi connectivity index (χ4v) is 1.49. The number of hydrogen-bond donors (Lipinski definition) is 1. The first-order valence-electron chi connectivity index (χ1n) is 5.23. The SMILES string of the molecule is C1CO1.NC1CCCCCCC1. The predicted molar refractivity (Wildman–Crippen MR) is 51.1 cm³/mol. The Hall–Kier alpha value is -0.0800. The summed E-state index contributed by atoms with van der Waals surface area (Å²) in [6.07, 6.45) is 9.51.